The summed E-state index contributed by atoms with van der Waals surface area (Å²) in [4.78, 5) is 37.8. The van der Waals surface area contributed by atoms with E-state index in [0.29, 0.717) is 11.3 Å². The molecule has 166 valence electrons. The van der Waals surface area contributed by atoms with Crippen molar-refractivity contribution in [1.82, 2.24) is 14.9 Å². The summed E-state index contributed by atoms with van der Waals surface area (Å²) in [5, 5.41) is 4.75. The Morgan fingerprint density at radius 1 is 1.06 bits per heavy atom. The molecule has 0 aliphatic heterocycles. The van der Waals surface area contributed by atoms with Gasteiger partial charge in [-0.05, 0) is 53.8 Å². The first-order valence-corrected chi connectivity index (χ1v) is 11.1. The third-order valence-electron chi connectivity index (χ3n) is 5.10. The lowest BCUT2D eigenvalue weighted by Crippen LogP contribution is -2.41. The summed E-state index contributed by atoms with van der Waals surface area (Å²) in [7, 11) is 0. The summed E-state index contributed by atoms with van der Waals surface area (Å²) < 4.78 is 13.4. The number of anilines is 1. The topological polar surface area (TPSA) is 75.2 Å². The molecule has 6 nitrogen and oxygen atoms in total. The van der Waals surface area contributed by atoms with Crippen LogP contribution in [0.1, 0.15) is 32.5 Å². The van der Waals surface area contributed by atoms with Crippen molar-refractivity contribution in [1.29, 1.82) is 0 Å². The second-order valence-corrected chi connectivity index (χ2v) is 8.39. The lowest BCUT2D eigenvalue weighted by atomic mass is 9.98. The van der Waals surface area contributed by atoms with Gasteiger partial charge < -0.3 is 10.2 Å². The molecule has 8 heteroatoms. The molecule has 0 spiro atoms. The summed E-state index contributed by atoms with van der Waals surface area (Å²) >= 11 is 1.49. The van der Waals surface area contributed by atoms with Crippen molar-refractivity contribution in [3.05, 3.63) is 112 Å². The largest absolute Gasteiger partial charge is 0.324 e. The van der Waals surface area contributed by atoms with Crippen molar-refractivity contribution in [3.63, 3.8) is 0 Å². The van der Waals surface area contributed by atoms with Crippen LogP contribution in [0.2, 0.25) is 0 Å². The Labute approximate surface area is 194 Å². The van der Waals surface area contributed by atoms with Crippen molar-refractivity contribution in [2.24, 2.45) is 0 Å². The Morgan fingerprint density at radius 3 is 2.52 bits per heavy atom. The van der Waals surface area contributed by atoms with Crippen LogP contribution in [0.15, 0.2) is 84.6 Å². The zero-order valence-corrected chi connectivity index (χ0v) is 18.6. The fraction of sp³-hybridized carbons (Fsp3) is 0.120. The van der Waals surface area contributed by atoms with Crippen LogP contribution in [0.4, 0.5) is 10.1 Å². The molecule has 2 heterocycles. The molecule has 2 aromatic carbocycles. The zero-order valence-electron chi connectivity index (χ0n) is 17.8. The number of nitrogens with one attached hydrogen (secondary N) is 1. The third-order valence-corrected chi connectivity index (χ3v) is 5.97. The predicted molar refractivity (Wildman–Crippen MR) is 125 cm³/mol. The number of amides is 2. The van der Waals surface area contributed by atoms with E-state index in [1.54, 1.807) is 0 Å². The average Bonchev–Trinajstić information content (AvgIpc) is 3.35. The van der Waals surface area contributed by atoms with Crippen LogP contribution in [0.3, 0.4) is 0 Å². The number of hydrogen-bond donors (Lipinski definition) is 1. The van der Waals surface area contributed by atoms with Gasteiger partial charge in [0.25, 0.3) is 11.8 Å². The molecule has 0 radical (unpaired) electrons. The standard InChI is InChI=1S/C25H21FN4O2S/c1-17-5-2-3-7-21(17)23(24(31)29-19-10-8-18(26)9-11-19)30(16-20-6-4-14-33-20)25(32)22-15-27-12-13-28-22/h2-15,23H,16H2,1H3,(H,29,31)/t23-/m1/s1. The van der Waals surface area contributed by atoms with Gasteiger partial charge in [0.2, 0.25) is 0 Å². The van der Waals surface area contributed by atoms with Crippen LogP contribution in [0.5, 0.6) is 0 Å². The second-order valence-electron chi connectivity index (χ2n) is 7.36. The predicted octanol–water partition coefficient (Wildman–Crippen LogP) is 5.01. The maximum Gasteiger partial charge on any atom is 0.275 e. The Bertz CT molecular complexity index is 1230. The van der Waals surface area contributed by atoms with Gasteiger partial charge >= 0.3 is 0 Å². The van der Waals surface area contributed by atoms with Gasteiger partial charge in [-0.25, -0.2) is 9.37 Å². The molecule has 1 atom stereocenters. The first-order valence-electron chi connectivity index (χ1n) is 10.2. The summed E-state index contributed by atoms with van der Waals surface area (Å²) in [6, 6.07) is 15.8. The van der Waals surface area contributed by atoms with Gasteiger partial charge in [0.1, 0.15) is 17.6 Å². The van der Waals surface area contributed by atoms with E-state index in [1.165, 1.54) is 59.1 Å². The Balaban J connectivity index is 1.78. The molecular weight excluding hydrogens is 439 g/mol. The highest BCUT2D eigenvalue weighted by atomic mass is 32.1. The summed E-state index contributed by atoms with van der Waals surface area (Å²) in [6.07, 6.45) is 4.31. The number of carbonyl (C=O) groups is 2. The molecule has 0 fully saturated rings. The number of halogens is 1. The third kappa shape index (κ3) is 5.30. The van der Waals surface area contributed by atoms with Crippen molar-refractivity contribution in [2.75, 3.05) is 5.32 Å². The Morgan fingerprint density at radius 2 is 1.85 bits per heavy atom. The van der Waals surface area contributed by atoms with E-state index < -0.39 is 23.7 Å². The lowest BCUT2D eigenvalue weighted by molar-refractivity contribution is -0.121. The normalized spacial score (nSPS) is 11.6. The van der Waals surface area contributed by atoms with Crippen molar-refractivity contribution in [3.8, 4) is 0 Å². The van der Waals surface area contributed by atoms with Crippen molar-refractivity contribution >= 4 is 28.8 Å². The number of benzene rings is 2. The van der Waals surface area contributed by atoms with Gasteiger partial charge in [0.05, 0.1) is 12.7 Å². The van der Waals surface area contributed by atoms with E-state index in [0.717, 1.165) is 10.4 Å². The number of aromatic nitrogens is 2. The van der Waals surface area contributed by atoms with Crippen LogP contribution in [0, 0.1) is 12.7 Å². The van der Waals surface area contributed by atoms with E-state index in [9.17, 15) is 14.0 Å². The van der Waals surface area contributed by atoms with E-state index in [2.05, 4.69) is 15.3 Å². The minimum Gasteiger partial charge on any atom is -0.324 e. The van der Waals surface area contributed by atoms with Gasteiger partial charge in [-0.15, -0.1) is 11.3 Å². The minimum atomic E-state index is -0.951. The minimum absolute atomic E-state index is 0.141. The van der Waals surface area contributed by atoms with Crippen LogP contribution in [-0.4, -0.2) is 26.7 Å². The highest BCUT2D eigenvalue weighted by Gasteiger charge is 2.34. The fourth-order valence-corrected chi connectivity index (χ4v) is 4.20. The summed E-state index contributed by atoms with van der Waals surface area (Å²) in [5.74, 6) is -1.23. The van der Waals surface area contributed by atoms with Gasteiger partial charge in [-0.1, -0.05) is 30.3 Å². The van der Waals surface area contributed by atoms with Crippen LogP contribution >= 0.6 is 11.3 Å². The fourth-order valence-electron chi connectivity index (χ4n) is 3.50. The molecular formula is C25H21FN4O2S. The quantitative estimate of drug-likeness (QED) is 0.421. The smallest absolute Gasteiger partial charge is 0.275 e. The number of aryl methyl sites for hydroxylation is 1. The molecule has 0 saturated carbocycles. The van der Waals surface area contributed by atoms with Crippen molar-refractivity contribution < 1.29 is 14.0 Å². The number of thiophene rings is 1. The molecule has 2 amide bonds. The van der Waals surface area contributed by atoms with Gasteiger partial charge in [0, 0.05) is 23.0 Å². The second kappa shape index (κ2) is 10.1. The number of nitrogens with zero attached hydrogens (tertiary/aromatic N) is 3. The molecule has 4 rings (SSSR count). The zero-order chi connectivity index (χ0) is 23.2. The molecule has 0 unspecified atom stereocenters. The summed E-state index contributed by atoms with van der Waals surface area (Å²) in [6.45, 7) is 2.10. The number of hydrogen-bond acceptors (Lipinski definition) is 5. The molecule has 0 aliphatic carbocycles. The maximum atomic E-state index is 13.6. The average molecular weight is 461 g/mol. The van der Waals surface area contributed by atoms with E-state index in [1.807, 2.05) is 48.7 Å². The molecule has 0 saturated heterocycles. The molecule has 0 bridgehead atoms. The highest BCUT2D eigenvalue weighted by molar-refractivity contribution is 7.09. The summed E-state index contributed by atoms with van der Waals surface area (Å²) in [5.41, 5.74) is 2.12. The first-order chi connectivity index (χ1) is 16.0. The maximum absolute atomic E-state index is 13.6. The van der Waals surface area contributed by atoms with Gasteiger partial charge in [-0.3, -0.25) is 14.6 Å². The van der Waals surface area contributed by atoms with Crippen LogP contribution < -0.4 is 5.32 Å². The van der Waals surface area contributed by atoms with E-state index in [-0.39, 0.29) is 12.2 Å². The first kappa shape index (κ1) is 22.3. The molecule has 2 aromatic heterocycles. The van der Waals surface area contributed by atoms with E-state index >= 15 is 0 Å². The monoisotopic (exact) mass is 460 g/mol. The Hall–Kier alpha value is -3.91. The van der Waals surface area contributed by atoms with Gasteiger partial charge in [-0.2, -0.15) is 0 Å². The van der Waals surface area contributed by atoms with Crippen molar-refractivity contribution in [2.45, 2.75) is 19.5 Å². The molecule has 0 aliphatic rings. The number of rotatable bonds is 7. The van der Waals surface area contributed by atoms with Crippen LogP contribution in [-0.2, 0) is 11.3 Å². The van der Waals surface area contributed by atoms with Crippen LogP contribution in [0.25, 0.3) is 0 Å². The van der Waals surface area contributed by atoms with Gasteiger partial charge in [0.15, 0.2) is 0 Å². The Kier molecular flexibility index (Phi) is 6.85. The number of carbonyl (C=O) groups excluding carboxylic acids is 2. The highest BCUT2D eigenvalue weighted by Crippen LogP contribution is 2.29. The van der Waals surface area contributed by atoms with E-state index in [4.69, 9.17) is 0 Å². The SMILES string of the molecule is Cc1ccccc1[C@H](C(=O)Nc1ccc(F)cc1)N(Cc1cccs1)C(=O)c1cnccn1. The molecule has 33 heavy (non-hydrogen) atoms. The molecule has 4 aromatic rings. The molecule has 1 N–H and O–H groups in total. The lowest BCUT2D eigenvalue weighted by Gasteiger charge is -2.31.